The van der Waals surface area contributed by atoms with Crippen molar-refractivity contribution in [2.75, 3.05) is 26.8 Å². The van der Waals surface area contributed by atoms with Gasteiger partial charge in [0.15, 0.2) is 5.96 Å². The van der Waals surface area contributed by atoms with Gasteiger partial charge in [-0.05, 0) is 24.7 Å². The highest BCUT2D eigenvalue weighted by molar-refractivity contribution is 14.0. The van der Waals surface area contributed by atoms with Crippen LogP contribution in [0.4, 0.5) is 0 Å². The summed E-state index contributed by atoms with van der Waals surface area (Å²) in [6.45, 7) is 4.94. The SMILES string of the molecule is COCC1CN=C(NCCC2(C)CC2)N1.I. The van der Waals surface area contributed by atoms with Crippen LogP contribution in [-0.4, -0.2) is 38.8 Å². The molecule has 0 saturated heterocycles. The van der Waals surface area contributed by atoms with Crippen molar-refractivity contribution in [2.45, 2.75) is 32.2 Å². The highest BCUT2D eigenvalue weighted by Crippen LogP contribution is 2.47. The lowest BCUT2D eigenvalue weighted by Crippen LogP contribution is -2.41. The lowest BCUT2D eigenvalue weighted by Gasteiger charge is -2.13. The predicted octanol–water partition coefficient (Wildman–Crippen LogP) is 1.36. The Hall–Kier alpha value is -0.0400. The van der Waals surface area contributed by atoms with Crippen molar-refractivity contribution in [3.05, 3.63) is 0 Å². The van der Waals surface area contributed by atoms with E-state index in [1.54, 1.807) is 7.11 Å². The number of methoxy groups -OCH3 is 1. The fourth-order valence-corrected chi connectivity index (χ4v) is 1.83. The summed E-state index contributed by atoms with van der Waals surface area (Å²) in [6.07, 6.45) is 4.03. The summed E-state index contributed by atoms with van der Waals surface area (Å²) in [7, 11) is 1.72. The lowest BCUT2D eigenvalue weighted by molar-refractivity contribution is 0.179. The molecule has 1 saturated carbocycles. The number of aliphatic imine (C=N–C) groups is 1. The summed E-state index contributed by atoms with van der Waals surface area (Å²) in [5.41, 5.74) is 0.623. The summed E-state index contributed by atoms with van der Waals surface area (Å²) in [5.74, 6) is 0.946. The van der Waals surface area contributed by atoms with E-state index in [2.05, 4.69) is 22.5 Å². The first-order chi connectivity index (χ1) is 7.22. The van der Waals surface area contributed by atoms with Crippen molar-refractivity contribution in [2.24, 2.45) is 10.4 Å². The second-order valence-corrected chi connectivity index (χ2v) is 4.97. The van der Waals surface area contributed by atoms with Crippen LogP contribution in [0.15, 0.2) is 4.99 Å². The van der Waals surface area contributed by atoms with Crippen LogP contribution in [0.25, 0.3) is 0 Å². The number of nitrogens with zero attached hydrogens (tertiary/aromatic N) is 1. The third-order valence-corrected chi connectivity index (χ3v) is 3.30. The third-order valence-electron chi connectivity index (χ3n) is 3.30. The summed E-state index contributed by atoms with van der Waals surface area (Å²) in [6, 6.07) is 0.356. The van der Waals surface area contributed by atoms with E-state index < -0.39 is 0 Å². The molecule has 94 valence electrons. The van der Waals surface area contributed by atoms with E-state index in [0.717, 1.165) is 25.7 Å². The van der Waals surface area contributed by atoms with E-state index in [1.165, 1.54) is 19.3 Å². The molecule has 0 radical (unpaired) electrons. The topological polar surface area (TPSA) is 45.6 Å². The fourth-order valence-electron chi connectivity index (χ4n) is 1.83. The van der Waals surface area contributed by atoms with Gasteiger partial charge in [-0.15, -0.1) is 24.0 Å². The Morgan fingerprint density at radius 2 is 2.31 bits per heavy atom. The molecule has 2 rings (SSSR count). The van der Waals surface area contributed by atoms with Crippen LogP contribution in [0.5, 0.6) is 0 Å². The van der Waals surface area contributed by atoms with Gasteiger partial charge in [-0.1, -0.05) is 6.92 Å². The number of hydrogen-bond acceptors (Lipinski definition) is 4. The summed E-state index contributed by atoms with van der Waals surface area (Å²) >= 11 is 0. The molecule has 16 heavy (non-hydrogen) atoms. The van der Waals surface area contributed by atoms with E-state index in [9.17, 15) is 0 Å². The maximum Gasteiger partial charge on any atom is 0.191 e. The zero-order valence-electron chi connectivity index (χ0n) is 10.1. The van der Waals surface area contributed by atoms with Crippen LogP contribution in [0, 0.1) is 5.41 Å². The largest absolute Gasteiger partial charge is 0.382 e. The molecular weight excluding hydrogens is 317 g/mol. The Kier molecular flexibility index (Phi) is 5.30. The Morgan fingerprint density at radius 3 is 2.94 bits per heavy atom. The highest BCUT2D eigenvalue weighted by atomic mass is 127. The van der Waals surface area contributed by atoms with Crippen LogP contribution >= 0.6 is 24.0 Å². The predicted molar refractivity (Wildman–Crippen MR) is 76.5 cm³/mol. The van der Waals surface area contributed by atoms with Gasteiger partial charge >= 0.3 is 0 Å². The van der Waals surface area contributed by atoms with E-state index in [1.807, 2.05) is 0 Å². The van der Waals surface area contributed by atoms with Gasteiger partial charge in [-0.3, -0.25) is 4.99 Å². The van der Waals surface area contributed by atoms with Crippen LogP contribution < -0.4 is 10.6 Å². The maximum atomic E-state index is 5.08. The molecule has 0 aromatic carbocycles. The number of ether oxygens (including phenoxy) is 1. The molecule has 0 bridgehead atoms. The van der Waals surface area contributed by atoms with Gasteiger partial charge in [0.05, 0.1) is 19.2 Å². The first kappa shape index (κ1) is 14.0. The van der Waals surface area contributed by atoms with E-state index >= 15 is 0 Å². The monoisotopic (exact) mass is 339 g/mol. The molecule has 5 heteroatoms. The molecule has 0 aromatic rings. The van der Waals surface area contributed by atoms with Gasteiger partial charge in [-0.25, -0.2) is 0 Å². The zero-order chi connectivity index (χ0) is 10.7. The molecule has 0 spiro atoms. The van der Waals surface area contributed by atoms with Crippen molar-refractivity contribution in [3.63, 3.8) is 0 Å². The molecule has 1 atom stereocenters. The molecule has 2 N–H and O–H groups in total. The smallest absolute Gasteiger partial charge is 0.191 e. The normalized spacial score (nSPS) is 25.4. The molecular formula is C11H22IN3O. The van der Waals surface area contributed by atoms with E-state index in [4.69, 9.17) is 4.74 Å². The average molecular weight is 339 g/mol. The minimum absolute atomic E-state index is 0. The Balaban J connectivity index is 0.00000128. The summed E-state index contributed by atoms with van der Waals surface area (Å²) in [5, 5.41) is 6.66. The Morgan fingerprint density at radius 1 is 1.56 bits per heavy atom. The molecule has 1 aliphatic carbocycles. The highest BCUT2D eigenvalue weighted by Gasteiger charge is 2.36. The Labute approximate surface area is 115 Å². The van der Waals surface area contributed by atoms with Crippen molar-refractivity contribution in [1.82, 2.24) is 10.6 Å². The number of guanidine groups is 1. The standard InChI is InChI=1S/C11H21N3O.HI/c1-11(3-4-11)5-6-12-10-13-7-9(14-10)8-15-2;/h9H,3-8H2,1-2H3,(H2,12,13,14);1H. The molecule has 1 heterocycles. The lowest BCUT2D eigenvalue weighted by atomic mass is 10.1. The second kappa shape index (κ2) is 6.05. The molecule has 0 amide bonds. The van der Waals surface area contributed by atoms with Crippen molar-refractivity contribution in [3.8, 4) is 0 Å². The van der Waals surface area contributed by atoms with Crippen LogP contribution in [0.3, 0.4) is 0 Å². The third kappa shape index (κ3) is 4.08. The minimum Gasteiger partial charge on any atom is -0.382 e. The zero-order valence-corrected chi connectivity index (χ0v) is 12.4. The fraction of sp³-hybridized carbons (Fsp3) is 0.909. The van der Waals surface area contributed by atoms with Gasteiger partial charge in [0.2, 0.25) is 0 Å². The first-order valence-corrected chi connectivity index (χ1v) is 5.76. The van der Waals surface area contributed by atoms with E-state index in [-0.39, 0.29) is 24.0 Å². The molecule has 4 nitrogen and oxygen atoms in total. The average Bonchev–Trinajstić information content (AvgIpc) is 2.76. The van der Waals surface area contributed by atoms with Gasteiger partial charge < -0.3 is 15.4 Å². The van der Waals surface area contributed by atoms with Crippen LogP contribution in [-0.2, 0) is 4.74 Å². The number of halogens is 1. The van der Waals surface area contributed by atoms with Gasteiger partial charge in [0, 0.05) is 13.7 Å². The second-order valence-electron chi connectivity index (χ2n) is 4.97. The molecule has 1 unspecified atom stereocenters. The van der Waals surface area contributed by atoms with Crippen molar-refractivity contribution < 1.29 is 4.74 Å². The number of hydrogen-bond donors (Lipinski definition) is 2. The number of nitrogens with one attached hydrogen (secondary N) is 2. The Bertz CT molecular complexity index is 254. The molecule has 1 aliphatic heterocycles. The van der Waals surface area contributed by atoms with Crippen molar-refractivity contribution in [1.29, 1.82) is 0 Å². The first-order valence-electron chi connectivity index (χ1n) is 5.76. The maximum absolute atomic E-state index is 5.08. The molecule has 0 aromatic heterocycles. The molecule has 1 fully saturated rings. The quantitative estimate of drug-likeness (QED) is 0.744. The van der Waals surface area contributed by atoms with Crippen LogP contribution in [0.1, 0.15) is 26.2 Å². The number of rotatable bonds is 5. The minimum atomic E-state index is 0. The van der Waals surface area contributed by atoms with Crippen molar-refractivity contribution >= 4 is 29.9 Å². The van der Waals surface area contributed by atoms with E-state index in [0.29, 0.717) is 11.5 Å². The van der Waals surface area contributed by atoms with Gasteiger partial charge in [0.1, 0.15) is 0 Å². The summed E-state index contributed by atoms with van der Waals surface area (Å²) < 4.78 is 5.08. The van der Waals surface area contributed by atoms with Gasteiger partial charge in [0.25, 0.3) is 0 Å². The summed E-state index contributed by atoms with van der Waals surface area (Å²) in [4.78, 5) is 4.39. The molecule has 2 aliphatic rings. The van der Waals surface area contributed by atoms with Gasteiger partial charge in [-0.2, -0.15) is 0 Å². The van der Waals surface area contributed by atoms with Crippen LogP contribution in [0.2, 0.25) is 0 Å².